The number of methoxy groups -OCH3 is 2. The molecule has 3 unspecified atom stereocenters. The number of unbranched alkanes of at least 4 members (excludes halogenated alkanes) is 2. The molecule has 2 aromatic rings. The topological polar surface area (TPSA) is 78.9 Å². The summed E-state index contributed by atoms with van der Waals surface area (Å²) in [6.07, 6.45) is 8.07. The summed E-state index contributed by atoms with van der Waals surface area (Å²) in [4.78, 5) is 34.3. The Labute approximate surface area is 279 Å². The van der Waals surface area contributed by atoms with E-state index in [2.05, 4.69) is 24.3 Å². The maximum Gasteiger partial charge on any atom is 0.305 e. The van der Waals surface area contributed by atoms with Crippen molar-refractivity contribution in [1.82, 2.24) is 0 Å². The van der Waals surface area contributed by atoms with Crippen LogP contribution in [0.1, 0.15) is 113 Å². The Morgan fingerprint density at radius 3 is 1.62 bits per heavy atom. The van der Waals surface area contributed by atoms with Crippen LogP contribution in [0.3, 0.4) is 0 Å². The molecule has 0 fully saturated rings. The predicted molar refractivity (Wildman–Crippen MR) is 193 cm³/mol. The second-order valence-electron chi connectivity index (χ2n) is 10.2. The van der Waals surface area contributed by atoms with Crippen molar-refractivity contribution in [3.8, 4) is 0 Å². The summed E-state index contributed by atoms with van der Waals surface area (Å²) in [5.74, 6) is 0.166. The fourth-order valence-electron chi connectivity index (χ4n) is 4.73. The van der Waals surface area contributed by atoms with Crippen LogP contribution in [0.25, 0.3) is 0 Å². The number of Topliss-reactive ketones (excluding diaryl/α,β-unsaturated/α-hetero) is 2. The predicted octanol–water partition coefficient (Wildman–Crippen LogP) is 9.13. The van der Waals surface area contributed by atoms with E-state index in [0.717, 1.165) is 51.4 Å². The Morgan fingerprint density at radius 2 is 1.20 bits per heavy atom. The molecule has 45 heavy (non-hydrogen) atoms. The van der Waals surface area contributed by atoms with Crippen LogP contribution in [0.5, 0.6) is 0 Å². The molecule has 3 atom stereocenters. The van der Waals surface area contributed by atoms with Gasteiger partial charge in [-0.2, -0.15) is 0 Å². The first-order valence-corrected chi connectivity index (χ1v) is 14.6. The summed E-state index contributed by atoms with van der Waals surface area (Å²) in [5.41, 5.74) is 2.56. The highest BCUT2D eigenvalue weighted by Crippen LogP contribution is 2.22. The SMILES string of the molecule is C.C.C.C.CCOC(=O)CCCCCC(C(C)=O)C(CCc1ccccc1)OC.COC(CCc1ccccc1)CC(C)=O.[B]. The lowest BCUT2D eigenvalue weighted by molar-refractivity contribution is -0.143. The molecule has 0 amide bonds. The van der Waals surface area contributed by atoms with Crippen LogP contribution in [-0.4, -0.2) is 59.0 Å². The summed E-state index contributed by atoms with van der Waals surface area (Å²) in [7, 11) is 3.35. The van der Waals surface area contributed by atoms with Crippen LogP contribution < -0.4 is 0 Å². The molecule has 0 saturated heterocycles. The number of benzene rings is 2. The van der Waals surface area contributed by atoms with E-state index in [9.17, 15) is 14.4 Å². The molecule has 2 aromatic carbocycles. The third-order valence-electron chi connectivity index (χ3n) is 6.98. The summed E-state index contributed by atoms with van der Waals surface area (Å²) in [5, 5.41) is 0. The second-order valence-corrected chi connectivity index (χ2v) is 10.2. The largest absolute Gasteiger partial charge is 0.466 e. The van der Waals surface area contributed by atoms with Gasteiger partial charge >= 0.3 is 5.97 Å². The van der Waals surface area contributed by atoms with Crippen molar-refractivity contribution in [2.45, 2.75) is 127 Å². The quantitative estimate of drug-likeness (QED) is 0.0876. The average molecular weight is 630 g/mol. The van der Waals surface area contributed by atoms with Crippen LogP contribution >= 0.6 is 0 Å². The van der Waals surface area contributed by atoms with E-state index in [4.69, 9.17) is 14.2 Å². The average Bonchev–Trinajstić information content (AvgIpc) is 2.95. The van der Waals surface area contributed by atoms with Gasteiger partial charge in [0.05, 0.1) is 18.8 Å². The van der Waals surface area contributed by atoms with E-state index >= 15 is 0 Å². The molecule has 0 spiro atoms. The van der Waals surface area contributed by atoms with Gasteiger partial charge in [-0.05, 0) is 70.4 Å². The van der Waals surface area contributed by atoms with Crippen molar-refractivity contribution >= 4 is 25.9 Å². The van der Waals surface area contributed by atoms with Gasteiger partial charge in [0.1, 0.15) is 11.6 Å². The minimum Gasteiger partial charge on any atom is -0.466 e. The van der Waals surface area contributed by atoms with Gasteiger partial charge in [0.25, 0.3) is 0 Å². The Morgan fingerprint density at radius 1 is 0.689 bits per heavy atom. The highest BCUT2D eigenvalue weighted by molar-refractivity contribution is 5.78. The van der Waals surface area contributed by atoms with Crippen LogP contribution in [-0.2, 0) is 41.4 Å². The van der Waals surface area contributed by atoms with Crippen molar-refractivity contribution in [1.29, 1.82) is 0 Å². The van der Waals surface area contributed by atoms with Crippen molar-refractivity contribution in [3.05, 3.63) is 71.8 Å². The van der Waals surface area contributed by atoms with Gasteiger partial charge < -0.3 is 14.2 Å². The van der Waals surface area contributed by atoms with Crippen molar-refractivity contribution < 1.29 is 28.6 Å². The van der Waals surface area contributed by atoms with Gasteiger partial charge in [0.15, 0.2) is 0 Å². The summed E-state index contributed by atoms with van der Waals surface area (Å²) in [6, 6.07) is 20.5. The van der Waals surface area contributed by atoms with E-state index in [1.165, 1.54) is 11.1 Å². The Kier molecular flexibility index (Phi) is 37.6. The lowest BCUT2D eigenvalue weighted by Gasteiger charge is -2.24. The smallest absolute Gasteiger partial charge is 0.305 e. The first kappa shape index (κ1) is 51.8. The van der Waals surface area contributed by atoms with Crippen LogP contribution in [0.2, 0.25) is 0 Å². The number of ether oxygens (including phenoxy) is 3. The molecular formula is C38H66BO6. The summed E-state index contributed by atoms with van der Waals surface area (Å²) >= 11 is 0. The number of hydrogen-bond donors (Lipinski definition) is 0. The van der Waals surface area contributed by atoms with Crippen LogP contribution in [0.15, 0.2) is 60.7 Å². The standard InChI is InChI=1S/C21H32O4.C13H18O2.4CH4.B/c1-4-25-21(23)14-10-6-9-13-19(17(2)22)20(24-3)16-15-18-11-7-5-8-12-18;1-11(14)10-13(15-2)9-8-12-6-4-3-5-7-12;;;;;/h5,7-8,11-12,19-20H,4,6,9-10,13-16H2,1-3H3;3-7,13H,8-10H2,1-2H3;4*1H4;. The van der Waals surface area contributed by atoms with Gasteiger partial charge in [-0.25, -0.2) is 0 Å². The molecule has 0 aliphatic rings. The molecule has 0 heterocycles. The third-order valence-corrected chi connectivity index (χ3v) is 6.98. The molecular weight excluding hydrogens is 563 g/mol. The van der Waals surface area contributed by atoms with E-state index < -0.39 is 0 Å². The number of carbonyl (C=O) groups excluding carboxylic acids is 3. The molecule has 0 aliphatic carbocycles. The highest BCUT2D eigenvalue weighted by Gasteiger charge is 2.25. The Bertz CT molecular complexity index is 951. The van der Waals surface area contributed by atoms with Crippen molar-refractivity contribution in [2.24, 2.45) is 5.92 Å². The lowest BCUT2D eigenvalue weighted by Crippen LogP contribution is -2.29. The lowest BCUT2D eigenvalue weighted by atomic mass is 9.88. The van der Waals surface area contributed by atoms with E-state index in [1.807, 2.05) is 43.3 Å². The molecule has 3 radical (unpaired) electrons. The number of hydrogen-bond acceptors (Lipinski definition) is 6. The minimum absolute atomic E-state index is 0. The van der Waals surface area contributed by atoms with Gasteiger partial charge in [-0.3, -0.25) is 14.4 Å². The molecule has 0 aliphatic heterocycles. The monoisotopic (exact) mass is 629 g/mol. The first-order chi connectivity index (χ1) is 19.3. The number of aryl methyl sites for hydroxylation is 2. The van der Waals surface area contributed by atoms with Crippen LogP contribution in [0, 0.1) is 5.92 Å². The number of carbonyl (C=O) groups is 3. The molecule has 257 valence electrons. The number of ketones is 2. The van der Waals surface area contributed by atoms with E-state index in [0.29, 0.717) is 19.4 Å². The zero-order valence-corrected chi connectivity index (χ0v) is 25.8. The van der Waals surface area contributed by atoms with E-state index in [1.54, 1.807) is 28.1 Å². The summed E-state index contributed by atoms with van der Waals surface area (Å²) < 4.78 is 15.8. The molecule has 0 bridgehead atoms. The van der Waals surface area contributed by atoms with Gasteiger partial charge in [-0.15, -0.1) is 0 Å². The maximum atomic E-state index is 12.1. The van der Waals surface area contributed by atoms with Gasteiger partial charge in [0.2, 0.25) is 0 Å². The van der Waals surface area contributed by atoms with Crippen molar-refractivity contribution in [3.63, 3.8) is 0 Å². The Balaban J connectivity index is -0.000000233. The molecule has 2 rings (SSSR count). The second kappa shape index (κ2) is 32.6. The Hall–Kier alpha value is -2.77. The molecule has 0 aromatic heterocycles. The molecule has 6 nitrogen and oxygen atoms in total. The fraction of sp³-hybridized carbons (Fsp3) is 0.605. The first-order valence-electron chi connectivity index (χ1n) is 14.6. The zero-order chi connectivity index (χ0) is 29.6. The van der Waals surface area contributed by atoms with Gasteiger partial charge in [0, 0.05) is 41.4 Å². The molecule has 7 heteroatoms. The maximum absolute atomic E-state index is 12.1. The van der Waals surface area contributed by atoms with E-state index in [-0.39, 0.29) is 73.8 Å². The number of rotatable bonds is 19. The van der Waals surface area contributed by atoms with Crippen LogP contribution in [0.4, 0.5) is 0 Å². The summed E-state index contributed by atoms with van der Waals surface area (Å²) in [6.45, 7) is 5.50. The van der Waals surface area contributed by atoms with Crippen molar-refractivity contribution in [2.75, 3.05) is 20.8 Å². The zero-order valence-electron chi connectivity index (χ0n) is 25.8. The van der Waals surface area contributed by atoms with Gasteiger partial charge in [-0.1, -0.05) is 103 Å². The third kappa shape index (κ3) is 25.2. The fourth-order valence-corrected chi connectivity index (χ4v) is 4.73. The molecule has 0 N–H and O–H groups in total. The highest BCUT2D eigenvalue weighted by atomic mass is 16.5. The normalized spacial score (nSPS) is 11.5. The molecule has 0 saturated carbocycles. The number of esters is 1. The minimum atomic E-state index is -0.136.